The van der Waals surface area contributed by atoms with Crippen molar-refractivity contribution in [1.29, 1.82) is 0 Å². The molecule has 2 rings (SSSR count). The fraction of sp³-hybridized carbons (Fsp3) is 0.294. The van der Waals surface area contributed by atoms with Gasteiger partial charge in [-0.05, 0) is 36.5 Å². The number of benzene rings is 2. The first-order chi connectivity index (χ1) is 8.69. The molecule has 0 spiro atoms. The minimum atomic E-state index is 0.0534. The van der Waals surface area contributed by atoms with Crippen molar-refractivity contribution < 1.29 is 0 Å². The van der Waals surface area contributed by atoms with Crippen molar-refractivity contribution in [1.82, 2.24) is 0 Å². The molecule has 0 bridgehead atoms. The van der Waals surface area contributed by atoms with Crippen LogP contribution in [-0.4, -0.2) is 0 Å². The minimum Gasteiger partial charge on any atom is -0.117 e. The van der Waals surface area contributed by atoms with E-state index < -0.39 is 0 Å². The number of alkyl halides is 1. The summed E-state index contributed by atoms with van der Waals surface area (Å²) in [6, 6.07) is 17.2. The first-order valence-electron chi connectivity index (χ1n) is 6.47. The second-order valence-corrected chi connectivity index (χ2v) is 5.28. The van der Waals surface area contributed by atoms with E-state index in [1.807, 2.05) is 0 Å². The van der Waals surface area contributed by atoms with Crippen molar-refractivity contribution >= 4 is 11.6 Å². The molecule has 0 aliphatic carbocycles. The Kier molecular flexibility index (Phi) is 4.43. The van der Waals surface area contributed by atoms with Gasteiger partial charge in [-0.1, -0.05) is 61.0 Å². The molecule has 2 aromatic rings. The van der Waals surface area contributed by atoms with E-state index >= 15 is 0 Å². The molecule has 1 unspecified atom stereocenters. The summed E-state index contributed by atoms with van der Waals surface area (Å²) in [4.78, 5) is 0. The quantitative estimate of drug-likeness (QED) is 0.671. The highest BCUT2D eigenvalue weighted by Crippen LogP contribution is 2.25. The lowest BCUT2D eigenvalue weighted by Gasteiger charge is -2.11. The van der Waals surface area contributed by atoms with Gasteiger partial charge >= 0.3 is 0 Å². The summed E-state index contributed by atoms with van der Waals surface area (Å²) < 4.78 is 0. The molecule has 1 heteroatoms. The maximum Gasteiger partial charge on any atom is 0.0625 e. The van der Waals surface area contributed by atoms with Crippen molar-refractivity contribution in [2.45, 2.75) is 32.1 Å². The van der Waals surface area contributed by atoms with E-state index in [4.69, 9.17) is 11.6 Å². The summed E-state index contributed by atoms with van der Waals surface area (Å²) in [6.07, 6.45) is 1.96. The van der Waals surface area contributed by atoms with Crippen molar-refractivity contribution in [3.8, 4) is 0 Å². The lowest BCUT2D eigenvalue weighted by Crippen LogP contribution is -1.96. The number of halogens is 1. The lowest BCUT2D eigenvalue weighted by atomic mass is 10.0. The lowest BCUT2D eigenvalue weighted by molar-refractivity contribution is 0.916. The largest absolute Gasteiger partial charge is 0.117 e. The molecule has 0 fully saturated rings. The smallest absolute Gasteiger partial charge is 0.0625 e. The predicted octanol–water partition coefficient (Wildman–Crippen LogP) is 5.08. The van der Waals surface area contributed by atoms with Gasteiger partial charge < -0.3 is 0 Å². The molecule has 0 nitrogen and oxygen atoms in total. The average Bonchev–Trinajstić information content (AvgIpc) is 2.39. The van der Waals surface area contributed by atoms with E-state index in [-0.39, 0.29) is 5.38 Å². The fourth-order valence-corrected chi connectivity index (χ4v) is 2.45. The zero-order chi connectivity index (χ0) is 13.0. The van der Waals surface area contributed by atoms with Gasteiger partial charge in [0.15, 0.2) is 0 Å². The molecule has 0 radical (unpaired) electrons. The number of hydrogen-bond acceptors (Lipinski definition) is 0. The van der Waals surface area contributed by atoms with Crippen LogP contribution < -0.4 is 0 Å². The van der Waals surface area contributed by atoms with Gasteiger partial charge in [0.05, 0.1) is 5.38 Å². The molecule has 0 saturated heterocycles. The summed E-state index contributed by atoms with van der Waals surface area (Å²) in [7, 11) is 0. The maximum atomic E-state index is 6.49. The van der Waals surface area contributed by atoms with Gasteiger partial charge in [0.2, 0.25) is 0 Å². The standard InChI is InChI=1S/C17H19Cl/c1-3-14-7-9-16(10-8-14)17(18)12-15-6-4-5-13(2)11-15/h4-11,17H,3,12H2,1-2H3. The molecule has 1 atom stereocenters. The third-order valence-electron chi connectivity index (χ3n) is 3.25. The van der Waals surface area contributed by atoms with Gasteiger partial charge in [-0.2, -0.15) is 0 Å². The van der Waals surface area contributed by atoms with E-state index in [1.54, 1.807) is 0 Å². The molecule has 0 N–H and O–H groups in total. The summed E-state index contributed by atoms with van der Waals surface area (Å²) in [6.45, 7) is 4.28. The van der Waals surface area contributed by atoms with Crippen molar-refractivity contribution in [3.63, 3.8) is 0 Å². The van der Waals surface area contributed by atoms with Crippen LogP contribution in [0, 0.1) is 6.92 Å². The van der Waals surface area contributed by atoms with Crippen molar-refractivity contribution in [3.05, 3.63) is 70.8 Å². The van der Waals surface area contributed by atoms with Gasteiger partial charge in [0.25, 0.3) is 0 Å². The van der Waals surface area contributed by atoms with Gasteiger partial charge in [-0.25, -0.2) is 0 Å². The zero-order valence-corrected chi connectivity index (χ0v) is 11.7. The third-order valence-corrected chi connectivity index (χ3v) is 3.65. The highest BCUT2D eigenvalue weighted by Gasteiger charge is 2.08. The first-order valence-corrected chi connectivity index (χ1v) is 6.91. The van der Waals surface area contributed by atoms with Gasteiger partial charge in [0, 0.05) is 0 Å². The Labute approximate surface area is 115 Å². The van der Waals surface area contributed by atoms with Crippen LogP contribution in [-0.2, 0) is 12.8 Å². The first kappa shape index (κ1) is 13.2. The topological polar surface area (TPSA) is 0 Å². The van der Waals surface area contributed by atoms with Crippen LogP contribution in [0.25, 0.3) is 0 Å². The second kappa shape index (κ2) is 6.06. The van der Waals surface area contributed by atoms with Gasteiger partial charge in [-0.15, -0.1) is 11.6 Å². The number of aryl methyl sites for hydroxylation is 2. The minimum absolute atomic E-state index is 0.0534. The van der Waals surface area contributed by atoms with Crippen LogP contribution in [0.2, 0.25) is 0 Å². The monoisotopic (exact) mass is 258 g/mol. The highest BCUT2D eigenvalue weighted by molar-refractivity contribution is 6.20. The van der Waals surface area contributed by atoms with Crippen LogP contribution in [0.3, 0.4) is 0 Å². The molecule has 0 aliphatic rings. The van der Waals surface area contributed by atoms with E-state index in [9.17, 15) is 0 Å². The van der Waals surface area contributed by atoms with Crippen LogP contribution in [0.15, 0.2) is 48.5 Å². The Balaban J connectivity index is 2.09. The molecule has 18 heavy (non-hydrogen) atoms. The second-order valence-electron chi connectivity index (χ2n) is 4.76. The molecule has 0 amide bonds. The summed E-state index contributed by atoms with van der Waals surface area (Å²) in [5.74, 6) is 0. The number of hydrogen-bond donors (Lipinski definition) is 0. The van der Waals surface area contributed by atoms with E-state index in [0.717, 1.165) is 12.8 Å². The highest BCUT2D eigenvalue weighted by atomic mass is 35.5. The SMILES string of the molecule is CCc1ccc(C(Cl)Cc2cccc(C)c2)cc1. The Hall–Kier alpha value is -1.27. The Morgan fingerprint density at radius 2 is 1.72 bits per heavy atom. The molecule has 0 aliphatic heterocycles. The summed E-state index contributed by atoms with van der Waals surface area (Å²) in [5.41, 5.74) is 5.15. The average molecular weight is 259 g/mol. The normalized spacial score (nSPS) is 12.4. The summed E-state index contributed by atoms with van der Waals surface area (Å²) in [5, 5.41) is 0.0534. The molecule has 0 saturated carbocycles. The van der Waals surface area contributed by atoms with E-state index in [1.165, 1.54) is 22.3 Å². The van der Waals surface area contributed by atoms with E-state index in [2.05, 4.69) is 62.4 Å². The Morgan fingerprint density at radius 3 is 2.33 bits per heavy atom. The number of rotatable bonds is 4. The van der Waals surface area contributed by atoms with Crippen molar-refractivity contribution in [2.24, 2.45) is 0 Å². The molecule has 94 valence electrons. The fourth-order valence-electron chi connectivity index (χ4n) is 2.13. The van der Waals surface area contributed by atoms with Crippen molar-refractivity contribution in [2.75, 3.05) is 0 Å². The molecule has 2 aromatic carbocycles. The van der Waals surface area contributed by atoms with Crippen LogP contribution in [0.4, 0.5) is 0 Å². The van der Waals surface area contributed by atoms with E-state index in [0.29, 0.717) is 0 Å². The van der Waals surface area contributed by atoms with Gasteiger partial charge in [-0.3, -0.25) is 0 Å². The van der Waals surface area contributed by atoms with Gasteiger partial charge in [0.1, 0.15) is 0 Å². The molecular weight excluding hydrogens is 240 g/mol. The molecule has 0 heterocycles. The van der Waals surface area contributed by atoms with Crippen LogP contribution in [0.5, 0.6) is 0 Å². The Bertz CT molecular complexity index is 499. The third kappa shape index (κ3) is 3.36. The maximum absolute atomic E-state index is 6.49. The van der Waals surface area contributed by atoms with Crippen LogP contribution in [0.1, 0.15) is 34.6 Å². The Morgan fingerprint density at radius 1 is 1.00 bits per heavy atom. The molecular formula is C17H19Cl. The zero-order valence-electron chi connectivity index (χ0n) is 11.0. The predicted molar refractivity (Wildman–Crippen MR) is 79.3 cm³/mol. The van der Waals surface area contributed by atoms with Crippen LogP contribution >= 0.6 is 11.6 Å². The summed E-state index contributed by atoms with van der Waals surface area (Å²) >= 11 is 6.49. The molecule has 0 aromatic heterocycles.